The number of aliphatic hydroxyl groups is 1. The van der Waals surface area contributed by atoms with Crippen LogP contribution >= 0.6 is 0 Å². The number of benzene rings is 1. The Balaban J connectivity index is 1.87. The van der Waals surface area contributed by atoms with Crippen molar-refractivity contribution >= 4 is 6.03 Å². The van der Waals surface area contributed by atoms with Gasteiger partial charge >= 0.3 is 6.03 Å². The highest BCUT2D eigenvalue weighted by molar-refractivity contribution is 5.74. The zero-order valence-corrected chi connectivity index (χ0v) is 12.5. The molecule has 2 rings (SSSR count). The Morgan fingerprint density at radius 3 is 2.95 bits per heavy atom. The molecule has 1 saturated heterocycles. The second-order valence-corrected chi connectivity index (χ2v) is 5.43. The Morgan fingerprint density at radius 2 is 2.24 bits per heavy atom. The molecule has 1 aliphatic rings. The maximum Gasteiger partial charge on any atom is 0.317 e. The van der Waals surface area contributed by atoms with Gasteiger partial charge in [0.25, 0.3) is 0 Å². The van der Waals surface area contributed by atoms with E-state index in [4.69, 9.17) is 9.84 Å². The van der Waals surface area contributed by atoms with E-state index in [-0.39, 0.29) is 24.8 Å². The fourth-order valence-electron chi connectivity index (χ4n) is 2.47. The molecule has 5 heteroatoms. The monoisotopic (exact) mass is 292 g/mol. The lowest BCUT2D eigenvalue weighted by Crippen LogP contribution is -2.49. The highest BCUT2D eigenvalue weighted by Crippen LogP contribution is 2.21. The van der Waals surface area contributed by atoms with Crippen LogP contribution in [-0.2, 0) is 4.74 Å². The van der Waals surface area contributed by atoms with E-state index >= 15 is 0 Å². The van der Waals surface area contributed by atoms with Crippen molar-refractivity contribution in [3.8, 4) is 0 Å². The van der Waals surface area contributed by atoms with Crippen molar-refractivity contribution in [2.75, 3.05) is 26.3 Å². The number of nitrogens with one attached hydrogen (secondary N) is 1. The normalized spacial score (nSPS) is 20.1. The fourth-order valence-corrected chi connectivity index (χ4v) is 2.47. The summed E-state index contributed by atoms with van der Waals surface area (Å²) in [5.41, 5.74) is 1.10. The molecule has 1 aromatic rings. The van der Waals surface area contributed by atoms with Crippen LogP contribution in [0.2, 0.25) is 0 Å². The molecule has 2 unspecified atom stereocenters. The summed E-state index contributed by atoms with van der Waals surface area (Å²) < 4.78 is 5.76. The zero-order valence-electron chi connectivity index (χ0n) is 12.5. The molecule has 0 spiro atoms. The van der Waals surface area contributed by atoms with Crippen LogP contribution in [0.3, 0.4) is 0 Å². The molecule has 21 heavy (non-hydrogen) atoms. The van der Waals surface area contributed by atoms with Crippen molar-refractivity contribution in [2.24, 2.45) is 0 Å². The first kappa shape index (κ1) is 15.8. The number of carbonyl (C=O) groups excluding carboxylic acids is 1. The maximum absolute atomic E-state index is 12.2. The molecule has 0 saturated carbocycles. The molecule has 1 aromatic carbocycles. The van der Waals surface area contributed by atoms with Gasteiger partial charge < -0.3 is 20.1 Å². The third-order valence-corrected chi connectivity index (χ3v) is 3.69. The molecular formula is C16H24N2O3. The van der Waals surface area contributed by atoms with Crippen LogP contribution in [-0.4, -0.2) is 48.4 Å². The molecule has 0 aromatic heterocycles. The number of nitrogens with zero attached hydrogens (tertiary/aromatic N) is 1. The number of amides is 2. The number of hydrogen-bond donors (Lipinski definition) is 2. The Hall–Kier alpha value is -1.59. The van der Waals surface area contributed by atoms with E-state index < -0.39 is 0 Å². The van der Waals surface area contributed by atoms with E-state index in [9.17, 15) is 4.79 Å². The Morgan fingerprint density at radius 1 is 1.48 bits per heavy atom. The average Bonchev–Trinajstić information content (AvgIpc) is 2.54. The summed E-state index contributed by atoms with van der Waals surface area (Å²) in [6.07, 6.45) is 1.43. The first-order chi connectivity index (χ1) is 10.2. The molecule has 2 atom stereocenters. The minimum absolute atomic E-state index is 0.0512. The van der Waals surface area contributed by atoms with Crippen molar-refractivity contribution < 1.29 is 14.6 Å². The van der Waals surface area contributed by atoms with Gasteiger partial charge in [-0.3, -0.25) is 0 Å². The van der Waals surface area contributed by atoms with Crippen LogP contribution in [0, 0.1) is 0 Å². The number of hydrogen-bond acceptors (Lipinski definition) is 3. The van der Waals surface area contributed by atoms with Crippen molar-refractivity contribution in [1.29, 1.82) is 0 Å². The smallest absolute Gasteiger partial charge is 0.317 e. The van der Waals surface area contributed by atoms with E-state index in [0.717, 1.165) is 12.0 Å². The zero-order chi connectivity index (χ0) is 15.1. The lowest BCUT2D eigenvalue weighted by Gasteiger charge is -2.34. The van der Waals surface area contributed by atoms with Crippen LogP contribution < -0.4 is 5.32 Å². The van der Waals surface area contributed by atoms with Crippen molar-refractivity contribution in [3.05, 3.63) is 35.9 Å². The fraction of sp³-hybridized carbons (Fsp3) is 0.562. The van der Waals surface area contributed by atoms with E-state index in [1.54, 1.807) is 4.90 Å². The van der Waals surface area contributed by atoms with Gasteiger partial charge in [0.15, 0.2) is 0 Å². The van der Waals surface area contributed by atoms with Crippen LogP contribution in [0.15, 0.2) is 30.3 Å². The highest BCUT2D eigenvalue weighted by atomic mass is 16.5. The summed E-state index contributed by atoms with van der Waals surface area (Å²) >= 11 is 0. The molecule has 0 aliphatic carbocycles. The largest absolute Gasteiger partial charge is 0.396 e. The number of aliphatic hydroxyl groups excluding tert-OH is 1. The van der Waals surface area contributed by atoms with Crippen LogP contribution in [0.5, 0.6) is 0 Å². The van der Waals surface area contributed by atoms with Gasteiger partial charge in [-0.05, 0) is 25.3 Å². The lowest BCUT2D eigenvalue weighted by molar-refractivity contribution is -0.0157. The SMILES string of the molecule is CC(CCCO)NC(=O)N1CCOC(c2ccccc2)C1. The standard InChI is InChI=1S/C16H24N2O3/c1-13(6-5-10-19)17-16(20)18-9-11-21-15(12-18)14-7-3-2-4-8-14/h2-4,7-8,13,15,19H,5-6,9-12H2,1H3,(H,17,20). The van der Waals surface area contributed by atoms with Crippen LogP contribution in [0.25, 0.3) is 0 Å². The second-order valence-electron chi connectivity index (χ2n) is 5.43. The molecule has 1 heterocycles. The van der Waals surface area contributed by atoms with Crippen LogP contribution in [0.4, 0.5) is 4.79 Å². The molecule has 1 aliphatic heterocycles. The molecular weight excluding hydrogens is 268 g/mol. The second kappa shape index (κ2) is 8.00. The van der Waals surface area contributed by atoms with E-state index in [1.807, 2.05) is 37.3 Å². The summed E-state index contributed by atoms with van der Waals surface area (Å²) in [7, 11) is 0. The predicted molar refractivity (Wildman–Crippen MR) is 81.0 cm³/mol. The van der Waals surface area contributed by atoms with Gasteiger partial charge in [-0.1, -0.05) is 30.3 Å². The predicted octanol–water partition coefficient (Wildman–Crippen LogP) is 1.93. The van der Waals surface area contributed by atoms with Crippen molar-refractivity contribution in [2.45, 2.75) is 31.9 Å². The van der Waals surface area contributed by atoms with Gasteiger partial charge in [0.05, 0.1) is 13.2 Å². The number of ether oxygens (including phenoxy) is 1. The lowest BCUT2D eigenvalue weighted by atomic mass is 10.1. The molecule has 116 valence electrons. The summed E-state index contributed by atoms with van der Waals surface area (Å²) in [4.78, 5) is 14.0. The number of urea groups is 1. The third kappa shape index (κ3) is 4.72. The summed E-state index contributed by atoms with van der Waals surface area (Å²) in [5.74, 6) is 0. The molecule has 2 N–H and O–H groups in total. The minimum atomic E-state index is -0.0570. The van der Waals surface area contributed by atoms with Gasteiger partial charge in [-0.15, -0.1) is 0 Å². The Bertz CT molecular complexity index is 438. The number of carbonyl (C=O) groups is 1. The van der Waals surface area contributed by atoms with Gasteiger partial charge in [-0.25, -0.2) is 4.79 Å². The number of rotatable bonds is 5. The first-order valence-corrected chi connectivity index (χ1v) is 7.53. The van der Waals surface area contributed by atoms with Gasteiger partial charge in [0.1, 0.15) is 6.10 Å². The van der Waals surface area contributed by atoms with Gasteiger partial charge in [0, 0.05) is 19.2 Å². The highest BCUT2D eigenvalue weighted by Gasteiger charge is 2.25. The molecule has 1 fully saturated rings. The molecule has 0 radical (unpaired) electrons. The van der Waals surface area contributed by atoms with Gasteiger partial charge in [0.2, 0.25) is 0 Å². The topological polar surface area (TPSA) is 61.8 Å². The molecule has 2 amide bonds. The van der Waals surface area contributed by atoms with E-state index in [1.165, 1.54) is 0 Å². The van der Waals surface area contributed by atoms with E-state index in [0.29, 0.717) is 26.1 Å². The Labute approximate surface area is 125 Å². The summed E-state index contributed by atoms with van der Waals surface area (Å²) in [5, 5.41) is 11.8. The molecule has 0 bridgehead atoms. The number of morpholine rings is 1. The third-order valence-electron chi connectivity index (χ3n) is 3.69. The summed E-state index contributed by atoms with van der Waals surface area (Å²) in [6.45, 7) is 3.86. The van der Waals surface area contributed by atoms with Crippen LogP contribution in [0.1, 0.15) is 31.4 Å². The van der Waals surface area contributed by atoms with Crippen molar-refractivity contribution in [1.82, 2.24) is 10.2 Å². The van der Waals surface area contributed by atoms with Crippen molar-refractivity contribution in [3.63, 3.8) is 0 Å². The quantitative estimate of drug-likeness (QED) is 0.871. The van der Waals surface area contributed by atoms with E-state index in [2.05, 4.69) is 5.32 Å². The Kier molecular flexibility index (Phi) is 6.02. The minimum Gasteiger partial charge on any atom is -0.396 e. The maximum atomic E-state index is 12.2. The first-order valence-electron chi connectivity index (χ1n) is 7.53. The average molecular weight is 292 g/mol. The summed E-state index contributed by atoms with van der Waals surface area (Å²) in [6, 6.07) is 10.0. The van der Waals surface area contributed by atoms with Gasteiger partial charge in [-0.2, -0.15) is 0 Å². The molecule has 5 nitrogen and oxygen atoms in total.